The predicted octanol–water partition coefficient (Wildman–Crippen LogP) is 4.93. The lowest BCUT2D eigenvalue weighted by Gasteiger charge is -2.05. The zero-order valence-corrected chi connectivity index (χ0v) is 12.6. The standard InChI is InChI=1S/C19H20N2/c1-4-17(19-10-6-8-12-21-19)14-15(2)13-16(3)18-9-5-7-11-20-18/h5-14H,3-4H2,1-2H3/b15-13-,17-14+. The Hall–Kier alpha value is -2.48. The molecule has 0 aromatic carbocycles. The van der Waals surface area contributed by atoms with Gasteiger partial charge >= 0.3 is 0 Å². The molecule has 2 nitrogen and oxygen atoms in total. The second kappa shape index (κ2) is 7.34. The molecular weight excluding hydrogens is 256 g/mol. The zero-order valence-electron chi connectivity index (χ0n) is 12.6. The lowest BCUT2D eigenvalue weighted by atomic mass is 10.0. The summed E-state index contributed by atoms with van der Waals surface area (Å²) in [5.74, 6) is 0. The summed E-state index contributed by atoms with van der Waals surface area (Å²) < 4.78 is 0. The number of rotatable bonds is 5. The van der Waals surface area contributed by atoms with Gasteiger partial charge in [-0.3, -0.25) is 9.97 Å². The van der Waals surface area contributed by atoms with E-state index in [0.29, 0.717) is 0 Å². The molecule has 0 unspecified atom stereocenters. The van der Waals surface area contributed by atoms with Crippen LogP contribution in [0.15, 0.2) is 73.1 Å². The lowest BCUT2D eigenvalue weighted by molar-refractivity contribution is 1.17. The molecule has 2 aromatic rings. The normalized spacial score (nSPS) is 12.3. The summed E-state index contributed by atoms with van der Waals surface area (Å²) in [5, 5.41) is 0. The molecule has 2 rings (SSSR count). The van der Waals surface area contributed by atoms with Crippen LogP contribution < -0.4 is 0 Å². The average molecular weight is 276 g/mol. The van der Waals surface area contributed by atoms with Crippen LogP contribution in [-0.2, 0) is 0 Å². The van der Waals surface area contributed by atoms with Gasteiger partial charge in [0, 0.05) is 12.4 Å². The van der Waals surface area contributed by atoms with E-state index in [2.05, 4.69) is 42.5 Å². The fraction of sp³-hybridized carbons (Fsp3) is 0.158. The van der Waals surface area contributed by atoms with E-state index in [1.54, 1.807) is 6.20 Å². The summed E-state index contributed by atoms with van der Waals surface area (Å²) in [7, 11) is 0. The Morgan fingerprint density at radius 1 is 1.00 bits per heavy atom. The average Bonchev–Trinajstić information content (AvgIpc) is 2.54. The van der Waals surface area contributed by atoms with Crippen molar-refractivity contribution in [1.82, 2.24) is 9.97 Å². The van der Waals surface area contributed by atoms with E-state index >= 15 is 0 Å². The molecule has 21 heavy (non-hydrogen) atoms. The van der Waals surface area contributed by atoms with Gasteiger partial charge in [-0.1, -0.05) is 43.4 Å². The molecule has 2 heteroatoms. The highest BCUT2D eigenvalue weighted by atomic mass is 14.7. The van der Waals surface area contributed by atoms with Gasteiger partial charge in [0.2, 0.25) is 0 Å². The third-order valence-electron chi connectivity index (χ3n) is 3.17. The second-order valence-electron chi connectivity index (χ2n) is 4.87. The van der Waals surface area contributed by atoms with Crippen molar-refractivity contribution < 1.29 is 0 Å². The molecule has 0 saturated heterocycles. The van der Waals surface area contributed by atoms with Crippen molar-refractivity contribution in [3.8, 4) is 0 Å². The zero-order chi connectivity index (χ0) is 15.1. The first kappa shape index (κ1) is 14.9. The molecule has 0 saturated carbocycles. The fourth-order valence-corrected chi connectivity index (χ4v) is 2.13. The SMILES string of the molecule is C=C(/C=C(C)\C=C(/CC)c1ccccn1)c1ccccn1. The molecule has 0 atom stereocenters. The first-order valence-electron chi connectivity index (χ1n) is 7.11. The predicted molar refractivity (Wildman–Crippen MR) is 89.5 cm³/mol. The van der Waals surface area contributed by atoms with Gasteiger partial charge in [0.25, 0.3) is 0 Å². The maximum atomic E-state index is 4.41. The molecule has 106 valence electrons. The molecule has 0 radical (unpaired) electrons. The summed E-state index contributed by atoms with van der Waals surface area (Å²) in [4.78, 5) is 8.72. The molecular formula is C19H20N2. The minimum absolute atomic E-state index is 0.904. The fourth-order valence-electron chi connectivity index (χ4n) is 2.13. The minimum atomic E-state index is 0.904. The molecule has 0 spiro atoms. The largest absolute Gasteiger partial charge is 0.257 e. The van der Waals surface area contributed by atoms with E-state index in [0.717, 1.165) is 29.0 Å². The van der Waals surface area contributed by atoms with Crippen molar-refractivity contribution in [3.63, 3.8) is 0 Å². The van der Waals surface area contributed by atoms with Crippen molar-refractivity contribution in [1.29, 1.82) is 0 Å². The van der Waals surface area contributed by atoms with Crippen molar-refractivity contribution in [2.24, 2.45) is 0 Å². The molecule has 0 aliphatic carbocycles. The Labute approximate surface area is 126 Å². The van der Waals surface area contributed by atoms with Crippen molar-refractivity contribution >= 4 is 11.1 Å². The Bertz CT molecular complexity index is 652. The van der Waals surface area contributed by atoms with Gasteiger partial charge in [-0.25, -0.2) is 0 Å². The van der Waals surface area contributed by atoms with E-state index in [4.69, 9.17) is 0 Å². The number of nitrogens with zero attached hydrogens (tertiary/aromatic N) is 2. The third kappa shape index (κ3) is 4.25. The first-order valence-corrected chi connectivity index (χ1v) is 7.11. The van der Waals surface area contributed by atoms with Gasteiger partial charge in [-0.2, -0.15) is 0 Å². The highest BCUT2D eigenvalue weighted by Gasteiger charge is 2.01. The number of pyridine rings is 2. The topological polar surface area (TPSA) is 25.8 Å². The Morgan fingerprint density at radius 3 is 2.14 bits per heavy atom. The Morgan fingerprint density at radius 2 is 1.62 bits per heavy atom. The van der Waals surface area contributed by atoms with Gasteiger partial charge in [0.05, 0.1) is 11.4 Å². The molecule has 0 aliphatic rings. The Balaban J connectivity index is 2.22. The van der Waals surface area contributed by atoms with Crippen LogP contribution in [0.3, 0.4) is 0 Å². The molecule has 2 aromatic heterocycles. The van der Waals surface area contributed by atoms with Gasteiger partial charge in [-0.05, 0) is 48.8 Å². The van der Waals surface area contributed by atoms with E-state index in [1.807, 2.05) is 42.6 Å². The van der Waals surface area contributed by atoms with Crippen LogP contribution in [0.5, 0.6) is 0 Å². The van der Waals surface area contributed by atoms with Crippen LogP contribution in [0, 0.1) is 0 Å². The maximum Gasteiger partial charge on any atom is 0.0696 e. The van der Waals surface area contributed by atoms with Gasteiger partial charge in [0.1, 0.15) is 0 Å². The number of allylic oxidation sites excluding steroid dienone is 5. The van der Waals surface area contributed by atoms with Crippen molar-refractivity contribution in [2.75, 3.05) is 0 Å². The third-order valence-corrected chi connectivity index (χ3v) is 3.17. The van der Waals surface area contributed by atoms with Crippen LogP contribution in [-0.4, -0.2) is 9.97 Å². The molecule has 0 N–H and O–H groups in total. The maximum absolute atomic E-state index is 4.41. The van der Waals surface area contributed by atoms with E-state index in [-0.39, 0.29) is 0 Å². The molecule has 2 heterocycles. The van der Waals surface area contributed by atoms with Crippen LogP contribution in [0.2, 0.25) is 0 Å². The molecule has 0 amide bonds. The Kier molecular flexibility index (Phi) is 5.22. The van der Waals surface area contributed by atoms with Gasteiger partial charge in [-0.15, -0.1) is 0 Å². The number of hydrogen-bond donors (Lipinski definition) is 0. The lowest BCUT2D eigenvalue weighted by Crippen LogP contribution is -1.88. The van der Waals surface area contributed by atoms with Crippen LogP contribution in [0.4, 0.5) is 0 Å². The van der Waals surface area contributed by atoms with Crippen molar-refractivity contribution in [2.45, 2.75) is 20.3 Å². The van der Waals surface area contributed by atoms with E-state index < -0.39 is 0 Å². The quantitative estimate of drug-likeness (QED) is 0.724. The monoisotopic (exact) mass is 276 g/mol. The van der Waals surface area contributed by atoms with Gasteiger partial charge < -0.3 is 0 Å². The van der Waals surface area contributed by atoms with Crippen LogP contribution in [0.25, 0.3) is 11.1 Å². The van der Waals surface area contributed by atoms with Crippen LogP contribution in [0.1, 0.15) is 31.7 Å². The summed E-state index contributed by atoms with van der Waals surface area (Å²) in [5.41, 5.74) is 5.21. The molecule has 0 aliphatic heterocycles. The van der Waals surface area contributed by atoms with E-state index in [9.17, 15) is 0 Å². The summed E-state index contributed by atoms with van der Waals surface area (Å²) in [6.45, 7) is 8.30. The summed E-state index contributed by atoms with van der Waals surface area (Å²) >= 11 is 0. The number of hydrogen-bond acceptors (Lipinski definition) is 2. The van der Waals surface area contributed by atoms with Crippen LogP contribution >= 0.6 is 0 Å². The molecule has 0 fully saturated rings. The highest BCUT2D eigenvalue weighted by Crippen LogP contribution is 2.19. The second-order valence-corrected chi connectivity index (χ2v) is 4.87. The smallest absolute Gasteiger partial charge is 0.0696 e. The van der Waals surface area contributed by atoms with E-state index in [1.165, 1.54) is 5.57 Å². The van der Waals surface area contributed by atoms with Gasteiger partial charge in [0.15, 0.2) is 0 Å². The first-order chi connectivity index (χ1) is 10.2. The summed E-state index contributed by atoms with van der Waals surface area (Å²) in [6, 6.07) is 11.8. The summed E-state index contributed by atoms with van der Waals surface area (Å²) in [6.07, 6.45) is 8.77. The minimum Gasteiger partial charge on any atom is -0.257 e. The van der Waals surface area contributed by atoms with Crippen molar-refractivity contribution in [3.05, 3.63) is 84.5 Å². The number of aromatic nitrogens is 2. The highest BCUT2D eigenvalue weighted by molar-refractivity contribution is 5.73. The molecule has 0 bridgehead atoms.